The number of aryl methyl sites for hydroxylation is 1. The van der Waals surface area contributed by atoms with E-state index < -0.39 is 0 Å². The molecule has 0 atom stereocenters. The minimum absolute atomic E-state index is 0.120. The predicted molar refractivity (Wildman–Crippen MR) is 88.3 cm³/mol. The zero-order valence-corrected chi connectivity index (χ0v) is 14.4. The first-order valence-electron chi connectivity index (χ1n) is 7.69. The van der Waals surface area contributed by atoms with Crippen LogP contribution in [0.15, 0.2) is 6.20 Å². The molecule has 0 spiro atoms. The van der Waals surface area contributed by atoms with E-state index in [1.807, 2.05) is 23.5 Å². The largest absolute Gasteiger partial charge is 0.310 e. The first kappa shape index (κ1) is 15.9. The van der Waals surface area contributed by atoms with Crippen LogP contribution in [-0.4, -0.2) is 27.3 Å². The van der Waals surface area contributed by atoms with Crippen LogP contribution in [0.5, 0.6) is 0 Å². The summed E-state index contributed by atoms with van der Waals surface area (Å²) in [6, 6.07) is 0.687. The first-order valence-corrected chi connectivity index (χ1v) is 8.98. The van der Waals surface area contributed by atoms with Gasteiger partial charge in [0.2, 0.25) is 0 Å². The Kier molecular flexibility index (Phi) is 5.19. The highest BCUT2D eigenvalue weighted by Crippen LogP contribution is 2.28. The van der Waals surface area contributed by atoms with Crippen molar-refractivity contribution in [3.8, 4) is 0 Å². The van der Waals surface area contributed by atoms with Crippen molar-refractivity contribution in [3.05, 3.63) is 17.5 Å². The highest BCUT2D eigenvalue weighted by molar-refractivity contribution is 7.99. The monoisotopic (exact) mass is 295 g/mol. The number of thioether (sulfide) groups is 1. The fourth-order valence-electron chi connectivity index (χ4n) is 3.06. The highest BCUT2D eigenvalue weighted by atomic mass is 32.2. The average molecular weight is 295 g/mol. The van der Waals surface area contributed by atoms with Gasteiger partial charge in [0.25, 0.3) is 0 Å². The molecular weight excluding hydrogens is 266 g/mol. The Bertz CT molecular complexity index is 425. The zero-order valence-electron chi connectivity index (χ0n) is 13.6. The van der Waals surface area contributed by atoms with Crippen LogP contribution in [0.3, 0.4) is 0 Å². The van der Waals surface area contributed by atoms with Crippen molar-refractivity contribution < 1.29 is 0 Å². The molecule has 0 unspecified atom stereocenters. The van der Waals surface area contributed by atoms with E-state index in [0.717, 1.165) is 11.8 Å². The topological polar surface area (TPSA) is 29.9 Å². The average Bonchev–Trinajstić information content (AvgIpc) is 2.78. The SMILES string of the molecule is CSC1CCC(NCc2cn(C)nc2C(C)(C)C)CC1. The fraction of sp³-hybridized carbons (Fsp3) is 0.812. The molecule has 1 aliphatic rings. The smallest absolute Gasteiger partial charge is 0.0722 e. The van der Waals surface area contributed by atoms with Crippen LogP contribution >= 0.6 is 11.8 Å². The number of aromatic nitrogens is 2. The van der Waals surface area contributed by atoms with Gasteiger partial charge in [0.1, 0.15) is 0 Å². The van der Waals surface area contributed by atoms with E-state index in [9.17, 15) is 0 Å². The van der Waals surface area contributed by atoms with Crippen LogP contribution in [0, 0.1) is 0 Å². The fourth-order valence-corrected chi connectivity index (χ4v) is 3.80. The van der Waals surface area contributed by atoms with E-state index in [-0.39, 0.29) is 5.41 Å². The van der Waals surface area contributed by atoms with Crippen molar-refractivity contribution in [3.63, 3.8) is 0 Å². The van der Waals surface area contributed by atoms with Gasteiger partial charge in [-0.15, -0.1) is 0 Å². The molecule has 114 valence electrons. The quantitative estimate of drug-likeness (QED) is 0.922. The van der Waals surface area contributed by atoms with E-state index in [0.29, 0.717) is 6.04 Å². The maximum Gasteiger partial charge on any atom is 0.0722 e. The van der Waals surface area contributed by atoms with Crippen LogP contribution < -0.4 is 5.32 Å². The van der Waals surface area contributed by atoms with E-state index in [2.05, 4.69) is 43.6 Å². The van der Waals surface area contributed by atoms with E-state index in [1.165, 1.54) is 36.9 Å². The normalized spacial score (nSPS) is 24.1. The minimum atomic E-state index is 0.120. The second-order valence-corrected chi connectivity index (χ2v) is 8.15. The Labute approximate surface area is 127 Å². The Hall–Kier alpha value is -0.480. The van der Waals surface area contributed by atoms with Crippen molar-refractivity contribution in [1.82, 2.24) is 15.1 Å². The van der Waals surface area contributed by atoms with Crippen molar-refractivity contribution in [2.24, 2.45) is 7.05 Å². The molecule has 1 saturated carbocycles. The van der Waals surface area contributed by atoms with Crippen LogP contribution in [0.1, 0.15) is 57.7 Å². The standard InChI is InChI=1S/C16H29N3S/c1-16(2,3)15-12(11-19(4)18-15)10-17-13-6-8-14(20-5)9-7-13/h11,13-14,17H,6-10H2,1-5H3. The lowest BCUT2D eigenvalue weighted by Crippen LogP contribution is -2.33. The summed E-state index contributed by atoms with van der Waals surface area (Å²) in [5.74, 6) is 0. The summed E-state index contributed by atoms with van der Waals surface area (Å²) in [6.45, 7) is 7.67. The molecule has 0 bridgehead atoms. The lowest BCUT2D eigenvalue weighted by Gasteiger charge is -2.28. The van der Waals surface area contributed by atoms with Crippen molar-refractivity contribution in [1.29, 1.82) is 0 Å². The van der Waals surface area contributed by atoms with Gasteiger partial charge in [0.15, 0.2) is 0 Å². The summed E-state index contributed by atoms with van der Waals surface area (Å²) in [7, 11) is 2.02. The maximum absolute atomic E-state index is 4.64. The Morgan fingerprint density at radius 1 is 1.30 bits per heavy atom. The summed E-state index contributed by atoms with van der Waals surface area (Å²) in [6.07, 6.45) is 9.76. The van der Waals surface area contributed by atoms with E-state index in [4.69, 9.17) is 0 Å². The molecular formula is C16H29N3S. The lowest BCUT2D eigenvalue weighted by atomic mass is 9.89. The second-order valence-electron chi connectivity index (χ2n) is 7.02. The summed E-state index contributed by atoms with van der Waals surface area (Å²) in [4.78, 5) is 0. The lowest BCUT2D eigenvalue weighted by molar-refractivity contribution is 0.377. The van der Waals surface area contributed by atoms with Crippen molar-refractivity contribution >= 4 is 11.8 Å². The molecule has 20 heavy (non-hydrogen) atoms. The van der Waals surface area contributed by atoms with Crippen LogP contribution in [-0.2, 0) is 19.0 Å². The van der Waals surface area contributed by atoms with Gasteiger partial charge in [0.05, 0.1) is 5.69 Å². The minimum Gasteiger partial charge on any atom is -0.310 e. The Morgan fingerprint density at radius 3 is 2.50 bits per heavy atom. The molecule has 0 aromatic carbocycles. The van der Waals surface area contributed by atoms with Crippen molar-refractivity contribution in [2.75, 3.05) is 6.26 Å². The summed E-state index contributed by atoms with van der Waals surface area (Å²) < 4.78 is 1.95. The van der Waals surface area contributed by atoms with E-state index in [1.54, 1.807) is 0 Å². The van der Waals surface area contributed by atoms with Gasteiger partial charge < -0.3 is 5.32 Å². The van der Waals surface area contributed by atoms with E-state index >= 15 is 0 Å². The molecule has 1 heterocycles. The van der Waals surface area contributed by atoms with Gasteiger partial charge in [0, 0.05) is 42.1 Å². The molecule has 3 nitrogen and oxygen atoms in total. The molecule has 2 rings (SSSR count). The van der Waals surface area contributed by atoms with Gasteiger partial charge in [-0.05, 0) is 31.9 Å². The van der Waals surface area contributed by atoms with Crippen LogP contribution in [0.4, 0.5) is 0 Å². The molecule has 1 aliphatic carbocycles. The number of rotatable bonds is 4. The summed E-state index contributed by atoms with van der Waals surface area (Å²) >= 11 is 2.03. The third-order valence-corrected chi connectivity index (χ3v) is 5.34. The number of nitrogens with one attached hydrogen (secondary N) is 1. The van der Waals surface area contributed by atoms with Crippen LogP contribution in [0.2, 0.25) is 0 Å². The number of hydrogen-bond acceptors (Lipinski definition) is 3. The molecule has 0 radical (unpaired) electrons. The predicted octanol–water partition coefficient (Wildman–Crippen LogP) is 3.48. The highest BCUT2D eigenvalue weighted by Gasteiger charge is 2.24. The number of nitrogens with zero attached hydrogens (tertiary/aromatic N) is 2. The maximum atomic E-state index is 4.64. The molecule has 1 fully saturated rings. The van der Waals surface area contributed by atoms with Gasteiger partial charge >= 0.3 is 0 Å². The second kappa shape index (κ2) is 6.52. The van der Waals surface area contributed by atoms with Gasteiger partial charge in [-0.1, -0.05) is 20.8 Å². The van der Waals surface area contributed by atoms with Crippen LogP contribution in [0.25, 0.3) is 0 Å². The molecule has 0 amide bonds. The molecule has 0 saturated heterocycles. The third kappa shape index (κ3) is 4.01. The Balaban J connectivity index is 1.92. The molecule has 1 aromatic heterocycles. The first-order chi connectivity index (χ1) is 9.40. The number of hydrogen-bond donors (Lipinski definition) is 1. The molecule has 1 aromatic rings. The summed E-state index contributed by atoms with van der Waals surface area (Å²) in [5.41, 5.74) is 2.70. The van der Waals surface area contributed by atoms with Gasteiger partial charge in [-0.2, -0.15) is 16.9 Å². The zero-order chi connectivity index (χ0) is 14.8. The molecule has 4 heteroatoms. The molecule has 0 aliphatic heterocycles. The van der Waals surface area contributed by atoms with Gasteiger partial charge in [-0.3, -0.25) is 4.68 Å². The Morgan fingerprint density at radius 2 is 1.95 bits per heavy atom. The van der Waals surface area contributed by atoms with Gasteiger partial charge in [-0.25, -0.2) is 0 Å². The molecule has 1 N–H and O–H groups in total. The third-order valence-electron chi connectivity index (χ3n) is 4.20. The summed E-state index contributed by atoms with van der Waals surface area (Å²) in [5, 5.41) is 9.28. The van der Waals surface area contributed by atoms with Crippen molar-refractivity contribution in [2.45, 2.75) is 69.7 Å².